The number of nitrogens with two attached hydrogens (primary N) is 1. The highest BCUT2D eigenvalue weighted by molar-refractivity contribution is 7.89. The van der Waals surface area contributed by atoms with E-state index in [4.69, 9.17) is 10.5 Å². The Morgan fingerprint density at radius 3 is 2.95 bits per heavy atom. The number of nitrogens with one attached hydrogen (secondary N) is 1. The summed E-state index contributed by atoms with van der Waals surface area (Å²) in [5.74, 6) is -0.672. The van der Waals surface area contributed by atoms with Crippen LogP contribution in [-0.4, -0.2) is 28.2 Å². The van der Waals surface area contributed by atoms with Crippen molar-refractivity contribution in [1.29, 1.82) is 0 Å². The van der Waals surface area contributed by atoms with E-state index in [2.05, 4.69) is 4.72 Å². The van der Waals surface area contributed by atoms with E-state index >= 15 is 0 Å². The molecule has 1 aromatic rings. The van der Waals surface area contributed by atoms with Gasteiger partial charge in [-0.2, -0.15) is 0 Å². The summed E-state index contributed by atoms with van der Waals surface area (Å²) >= 11 is 0. The Kier molecular flexibility index (Phi) is 4.38. The molecular formula is C12H17FN2O3S. The molecule has 1 aromatic carbocycles. The molecule has 0 radical (unpaired) electrons. The molecule has 0 aromatic heterocycles. The van der Waals surface area contributed by atoms with Gasteiger partial charge < -0.3 is 10.5 Å². The largest absolute Gasteiger partial charge is 0.399 e. The van der Waals surface area contributed by atoms with Crippen molar-refractivity contribution in [2.24, 2.45) is 5.92 Å². The molecule has 1 fully saturated rings. The van der Waals surface area contributed by atoms with Crippen LogP contribution >= 0.6 is 0 Å². The molecule has 0 bridgehead atoms. The third kappa shape index (κ3) is 3.65. The summed E-state index contributed by atoms with van der Waals surface area (Å²) in [6, 6.07) is 3.49. The van der Waals surface area contributed by atoms with E-state index in [1.165, 1.54) is 6.07 Å². The standard InChI is InChI=1S/C12H17FN2O3S/c13-11-4-3-10(14)6-12(11)19(16,17)15-7-9-2-1-5-18-8-9/h3-4,6,9,15H,1-2,5,7-8,14H2. The van der Waals surface area contributed by atoms with E-state index in [-0.39, 0.29) is 18.2 Å². The van der Waals surface area contributed by atoms with Crippen LogP contribution < -0.4 is 10.5 Å². The first-order valence-electron chi connectivity index (χ1n) is 6.11. The summed E-state index contributed by atoms with van der Waals surface area (Å²) in [6.07, 6.45) is 1.82. The molecule has 0 aliphatic carbocycles. The summed E-state index contributed by atoms with van der Waals surface area (Å²) < 4.78 is 45.2. The van der Waals surface area contributed by atoms with E-state index in [0.29, 0.717) is 13.2 Å². The SMILES string of the molecule is Nc1ccc(F)c(S(=O)(=O)NCC2CCCOC2)c1. The maximum absolute atomic E-state index is 13.5. The quantitative estimate of drug-likeness (QED) is 0.813. The second-order valence-electron chi connectivity index (χ2n) is 4.62. The normalized spacial score (nSPS) is 20.4. The van der Waals surface area contributed by atoms with Crippen LogP contribution in [0.4, 0.5) is 10.1 Å². The van der Waals surface area contributed by atoms with Crippen molar-refractivity contribution < 1.29 is 17.5 Å². The van der Waals surface area contributed by atoms with Crippen molar-refractivity contribution in [3.8, 4) is 0 Å². The van der Waals surface area contributed by atoms with Gasteiger partial charge in [0.2, 0.25) is 10.0 Å². The van der Waals surface area contributed by atoms with Crippen LogP contribution in [0.5, 0.6) is 0 Å². The number of ether oxygens (including phenoxy) is 1. The number of halogens is 1. The van der Waals surface area contributed by atoms with Crippen LogP contribution in [-0.2, 0) is 14.8 Å². The fourth-order valence-corrected chi connectivity index (χ4v) is 3.23. The zero-order chi connectivity index (χ0) is 13.9. The van der Waals surface area contributed by atoms with Gasteiger partial charge in [-0.3, -0.25) is 0 Å². The predicted molar refractivity (Wildman–Crippen MR) is 69.5 cm³/mol. The number of nitrogen functional groups attached to an aromatic ring is 1. The smallest absolute Gasteiger partial charge is 0.243 e. The maximum atomic E-state index is 13.5. The average Bonchev–Trinajstić information content (AvgIpc) is 2.40. The van der Waals surface area contributed by atoms with Crippen molar-refractivity contribution in [2.45, 2.75) is 17.7 Å². The average molecular weight is 288 g/mol. The van der Waals surface area contributed by atoms with E-state index in [0.717, 1.165) is 25.0 Å². The summed E-state index contributed by atoms with van der Waals surface area (Å²) in [6.45, 7) is 1.49. The minimum Gasteiger partial charge on any atom is -0.399 e. The highest BCUT2D eigenvalue weighted by atomic mass is 32.2. The van der Waals surface area contributed by atoms with Gasteiger partial charge in [0.25, 0.3) is 0 Å². The molecule has 19 heavy (non-hydrogen) atoms. The fraction of sp³-hybridized carbons (Fsp3) is 0.500. The van der Waals surface area contributed by atoms with Crippen molar-refractivity contribution in [2.75, 3.05) is 25.5 Å². The highest BCUT2D eigenvalue weighted by Gasteiger charge is 2.22. The summed E-state index contributed by atoms with van der Waals surface area (Å²) in [4.78, 5) is -0.413. The van der Waals surface area contributed by atoms with Gasteiger partial charge in [-0.15, -0.1) is 0 Å². The molecule has 1 atom stereocenters. The summed E-state index contributed by atoms with van der Waals surface area (Å²) in [5, 5.41) is 0. The third-order valence-corrected chi connectivity index (χ3v) is 4.50. The molecule has 1 unspecified atom stereocenters. The van der Waals surface area contributed by atoms with Gasteiger partial charge in [0, 0.05) is 18.8 Å². The molecule has 0 spiro atoms. The molecule has 2 rings (SSSR count). The first kappa shape index (κ1) is 14.2. The Labute approximate surface area is 112 Å². The van der Waals surface area contributed by atoms with E-state index in [1.807, 2.05) is 0 Å². The van der Waals surface area contributed by atoms with Gasteiger partial charge in [0.1, 0.15) is 10.7 Å². The number of benzene rings is 1. The first-order chi connectivity index (χ1) is 8.99. The van der Waals surface area contributed by atoms with Gasteiger partial charge in [-0.05, 0) is 37.0 Å². The number of rotatable bonds is 4. The van der Waals surface area contributed by atoms with Gasteiger partial charge >= 0.3 is 0 Å². The van der Waals surface area contributed by atoms with Gasteiger partial charge in [-0.1, -0.05) is 0 Å². The zero-order valence-corrected chi connectivity index (χ0v) is 11.2. The molecule has 1 aliphatic heterocycles. The lowest BCUT2D eigenvalue weighted by molar-refractivity contribution is 0.0568. The number of anilines is 1. The zero-order valence-electron chi connectivity index (χ0n) is 10.4. The number of hydrogen-bond acceptors (Lipinski definition) is 4. The van der Waals surface area contributed by atoms with Crippen molar-refractivity contribution in [1.82, 2.24) is 4.72 Å². The van der Waals surface area contributed by atoms with Crippen molar-refractivity contribution in [3.05, 3.63) is 24.0 Å². The molecule has 1 heterocycles. The van der Waals surface area contributed by atoms with Crippen molar-refractivity contribution in [3.63, 3.8) is 0 Å². The summed E-state index contributed by atoms with van der Waals surface area (Å²) in [7, 11) is -3.87. The predicted octanol–water partition coefficient (Wildman–Crippen LogP) is 1.11. The van der Waals surface area contributed by atoms with Crippen LogP contribution in [0.15, 0.2) is 23.1 Å². The van der Waals surface area contributed by atoms with E-state index in [1.54, 1.807) is 0 Å². The van der Waals surface area contributed by atoms with Crippen LogP contribution in [0.25, 0.3) is 0 Å². The molecule has 1 saturated heterocycles. The molecule has 1 aliphatic rings. The monoisotopic (exact) mass is 288 g/mol. The Hall–Kier alpha value is -1.18. The number of sulfonamides is 1. The lowest BCUT2D eigenvalue weighted by Gasteiger charge is -2.22. The first-order valence-corrected chi connectivity index (χ1v) is 7.60. The van der Waals surface area contributed by atoms with Crippen LogP contribution in [0.1, 0.15) is 12.8 Å². The van der Waals surface area contributed by atoms with Crippen LogP contribution in [0, 0.1) is 11.7 Å². The molecule has 5 nitrogen and oxygen atoms in total. The molecule has 0 saturated carbocycles. The molecule has 0 amide bonds. The summed E-state index contributed by atoms with van der Waals surface area (Å²) in [5.41, 5.74) is 5.70. The van der Waals surface area contributed by atoms with Gasteiger partial charge in [-0.25, -0.2) is 17.5 Å². The lowest BCUT2D eigenvalue weighted by Crippen LogP contribution is -2.33. The van der Waals surface area contributed by atoms with E-state index < -0.39 is 20.7 Å². The van der Waals surface area contributed by atoms with Gasteiger partial charge in [0.05, 0.1) is 6.61 Å². The highest BCUT2D eigenvalue weighted by Crippen LogP contribution is 2.18. The molecular weight excluding hydrogens is 271 g/mol. The Morgan fingerprint density at radius 2 is 2.26 bits per heavy atom. The Balaban J connectivity index is 2.07. The topological polar surface area (TPSA) is 81.4 Å². The van der Waals surface area contributed by atoms with Gasteiger partial charge in [0.15, 0.2) is 0 Å². The number of hydrogen-bond donors (Lipinski definition) is 2. The Morgan fingerprint density at radius 1 is 1.47 bits per heavy atom. The minimum absolute atomic E-state index is 0.132. The second kappa shape index (κ2) is 5.85. The lowest BCUT2D eigenvalue weighted by atomic mass is 10.0. The van der Waals surface area contributed by atoms with Crippen LogP contribution in [0.3, 0.4) is 0 Å². The molecule has 7 heteroatoms. The molecule has 106 valence electrons. The van der Waals surface area contributed by atoms with Crippen LogP contribution in [0.2, 0.25) is 0 Å². The fourth-order valence-electron chi connectivity index (χ4n) is 2.00. The van der Waals surface area contributed by atoms with E-state index in [9.17, 15) is 12.8 Å². The Bertz CT molecular complexity index is 542. The third-order valence-electron chi connectivity index (χ3n) is 3.06. The molecule has 3 N–H and O–H groups in total. The second-order valence-corrected chi connectivity index (χ2v) is 6.36. The maximum Gasteiger partial charge on any atom is 0.243 e. The minimum atomic E-state index is -3.87. The van der Waals surface area contributed by atoms with Crippen molar-refractivity contribution >= 4 is 15.7 Å².